The van der Waals surface area contributed by atoms with Crippen LogP contribution in [0.2, 0.25) is 0 Å². The molecule has 11 nitrogen and oxygen atoms in total. The number of nitro groups is 1. The van der Waals surface area contributed by atoms with Crippen LogP contribution >= 0.6 is 0 Å². The molecule has 2 aliphatic carbocycles. The van der Waals surface area contributed by atoms with E-state index in [0.29, 0.717) is 26.3 Å². The lowest BCUT2D eigenvalue weighted by Crippen LogP contribution is -2.43. The lowest BCUT2D eigenvalue weighted by Gasteiger charge is -2.26. The van der Waals surface area contributed by atoms with Crippen molar-refractivity contribution in [2.75, 3.05) is 32.9 Å². The molecule has 1 aromatic rings. The van der Waals surface area contributed by atoms with Crippen molar-refractivity contribution < 1.29 is 28.8 Å². The van der Waals surface area contributed by atoms with Crippen molar-refractivity contribution in [3.63, 3.8) is 0 Å². The lowest BCUT2D eigenvalue weighted by atomic mass is 9.85. The van der Waals surface area contributed by atoms with Gasteiger partial charge in [-0.2, -0.15) is 10.1 Å². The second-order valence-corrected chi connectivity index (χ2v) is 8.47. The highest BCUT2D eigenvalue weighted by molar-refractivity contribution is 6.07. The largest absolute Gasteiger partial charge is 0.476 e. The maximum absolute atomic E-state index is 12.8. The van der Waals surface area contributed by atoms with Crippen LogP contribution in [0.1, 0.15) is 12.0 Å². The highest BCUT2D eigenvalue weighted by Crippen LogP contribution is 2.52. The molecule has 2 aliphatic heterocycles. The fraction of sp³-hybridized carbons (Fsp3) is 0.455. The first-order valence-corrected chi connectivity index (χ1v) is 10.8. The minimum absolute atomic E-state index is 0.0551. The smallest absolute Gasteiger partial charge is 0.311 e. The molecule has 11 heteroatoms. The minimum atomic E-state index is -0.619. The second-order valence-electron chi connectivity index (χ2n) is 8.47. The predicted octanol–water partition coefficient (Wildman–Crippen LogP) is 0.973. The van der Waals surface area contributed by atoms with Crippen LogP contribution in [0.25, 0.3) is 0 Å². The van der Waals surface area contributed by atoms with Crippen LogP contribution in [0.5, 0.6) is 5.75 Å². The number of benzene rings is 1. The Morgan fingerprint density at radius 3 is 2.48 bits per heavy atom. The number of hydrogen-bond donors (Lipinski definition) is 0. The third kappa shape index (κ3) is 3.67. The number of allylic oxidation sites excluding steroid dienone is 2. The molecular formula is C22H22N4O7. The second kappa shape index (κ2) is 8.39. The number of ether oxygens (including phenoxy) is 2. The number of amides is 3. The summed E-state index contributed by atoms with van der Waals surface area (Å²) < 4.78 is 10.8. The summed E-state index contributed by atoms with van der Waals surface area (Å²) in [5.41, 5.74) is -0.148. The van der Waals surface area contributed by atoms with Crippen LogP contribution in [-0.2, 0) is 19.1 Å². The van der Waals surface area contributed by atoms with E-state index in [0.717, 1.165) is 11.4 Å². The van der Waals surface area contributed by atoms with Gasteiger partial charge in [-0.25, -0.2) is 0 Å². The number of nitro benzene ring substituents is 1. The Bertz CT molecular complexity index is 1050. The first kappa shape index (κ1) is 21.3. The predicted molar refractivity (Wildman–Crippen MR) is 113 cm³/mol. The lowest BCUT2D eigenvalue weighted by molar-refractivity contribution is -0.385. The summed E-state index contributed by atoms with van der Waals surface area (Å²) in [5, 5.41) is 16.5. The van der Waals surface area contributed by atoms with Crippen molar-refractivity contribution in [3.05, 3.63) is 46.0 Å². The van der Waals surface area contributed by atoms with Gasteiger partial charge in [-0.1, -0.05) is 18.2 Å². The minimum Gasteiger partial charge on any atom is -0.476 e. The van der Waals surface area contributed by atoms with Crippen molar-refractivity contribution in [2.24, 2.45) is 28.8 Å². The molecule has 1 aromatic carbocycles. The zero-order valence-electron chi connectivity index (χ0n) is 17.7. The molecule has 5 rings (SSSR count). The first-order chi connectivity index (χ1) is 16.0. The molecule has 4 atom stereocenters. The summed E-state index contributed by atoms with van der Waals surface area (Å²) in [6.07, 6.45) is 5.99. The van der Waals surface area contributed by atoms with Gasteiger partial charge in [0.1, 0.15) is 0 Å². The fourth-order valence-corrected chi connectivity index (χ4v) is 5.10. The number of rotatable bonds is 6. The average Bonchev–Trinajstić information content (AvgIpc) is 3.51. The SMILES string of the molecule is O=C(COc1c(C=NN2C(=O)[C@@H]3[C@H](C2=O)[C@H]2C=C[C@H]3C2)cccc1[N+](=O)[O-])N1CCOCC1. The van der Waals surface area contributed by atoms with E-state index < -0.39 is 23.4 Å². The molecule has 4 aliphatic rings. The molecule has 3 fully saturated rings. The molecule has 3 amide bonds. The third-order valence-corrected chi connectivity index (χ3v) is 6.68. The van der Waals surface area contributed by atoms with E-state index in [4.69, 9.17) is 9.47 Å². The molecule has 0 unspecified atom stereocenters. The van der Waals surface area contributed by atoms with Gasteiger partial charge in [0, 0.05) is 24.7 Å². The Balaban J connectivity index is 1.36. The number of carbonyl (C=O) groups excluding carboxylic acids is 3. The van der Waals surface area contributed by atoms with Crippen LogP contribution < -0.4 is 4.74 Å². The molecule has 0 radical (unpaired) electrons. The summed E-state index contributed by atoms with van der Waals surface area (Å²) in [4.78, 5) is 50.6. The van der Waals surface area contributed by atoms with Gasteiger partial charge in [-0.3, -0.25) is 24.5 Å². The van der Waals surface area contributed by atoms with E-state index in [1.807, 2.05) is 12.2 Å². The molecule has 33 heavy (non-hydrogen) atoms. The number of hydrogen-bond acceptors (Lipinski definition) is 8. The van der Waals surface area contributed by atoms with Crippen LogP contribution in [0.15, 0.2) is 35.5 Å². The number of nitrogens with zero attached hydrogens (tertiary/aromatic N) is 4. The van der Waals surface area contributed by atoms with Gasteiger partial charge in [0.2, 0.25) is 5.75 Å². The van der Waals surface area contributed by atoms with E-state index in [1.54, 1.807) is 4.90 Å². The van der Waals surface area contributed by atoms with E-state index >= 15 is 0 Å². The summed E-state index contributed by atoms with van der Waals surface area (Å²) >= 11 is 0. The zero-order valence-corrected chi connectivity index (χ0v) is 17.7. The fourth-order valence-electron chi connectivity index (χ4n) is 5.10. The molecule has 1 saturated carbocycles. The summed E-state index contributed by atoms with van der Waals surface area (Å²) in [7, 11) is 0. The summed E-state index contributed by atoms with van der Waals surface area (Å²) in [6, 6.07) is 4.22. The number of para-hydroxylation sites is 1. The maximum atomic E-state index is 12.8. The van der Waals surface area contributed by atoms with Gasteiger partial charge in [0.15, 0.2) is 6.61 Å². The van der Waals surface area contributed by atoms with Crippen LogP contribution in [0, 0.1) is 33.8 Å². The van der Waals surface area contributed by atoms with Crippen LogP contribution in [0.4, 0.5) is 5.69 Å². The maximum Gasteiger partial charge on any atom is 0.311 e. The van der Waals surface area contributed by atoms with Gasteiger partial charge in [0.05, 0.1) is 36.2 Å². The molecular weight excluding hydrogens is 432 g/mol. The molecule has 0 spiro atoms. The highest BCUT2D eigenvalue weighted by Gasteiger charge is 2.59. The molecule has 0 N–H and O–H groups in total. The monoisotopic (exact) mass is 454 g/mol. The normalized spacial score (nSPS) is 28.1. The Labute approximate surface area is 188 Å². The first-order valence-electron chi connectivity index (χ1n) is 10.8. The summed E-state index contributed by atoms with van der Waals surface area (Å²) in [5.74, 6) is -1.84. The van der Waals surface area contributed by atoms with Crippen molar-refractivity contribution in [2.45, 2.75) is 6.42 Å². The Morgan fingerprint density at radius 1 is 1.18 bits per heavy atom. The van der Waals surface area contributed by atoms with Gasteiger partial charge >= 0.3 is 5.69 Å². The molecule has 172 valence electrons. The Morgan fingerprint density at radius 2 is 1.85 bits per heavy atom. The van der Waals surface area contributed by atoms with Crippen molar-refractivity contribution in [1.29, 1.82) is 0 Å². The molecule has 2 saturated heterocycles. The topological polar surface area (TPSA) is 132 Å². The Kier molecular flexibility index (Phi) is 5.41. The van der Waals surface area contributed by atoms with Crippen molar-refractivity contribution >= 4 is 29.6 Å². The number of hydrazone groups is 1. The third-order valence-electron chi connectivity index (χ3n) is 6.68. The van der Waals surface area contributed by atoms with Crippen molar-refractivity contribution in [3.8, 4) is 5.75 Å². The Hall–Kier alpha value is -3.60. The van der Waals surface area contributed by atoms with Crippen LogP contribution in [-0.4, -0.2) is 71.7 Å². The molecule has 0 aromatic heterocycles. The van der Waals surface area contributed by atoms with Crippen molar-refractivity contribution in [1.82, 2.24) is 9.91 Å². The number of fused-ring (bicyclic) bond motifs is 5. The number of carbonyl (C=O) groups is 3. The number of morpholine rings is 1. The van der Waals surface area contributed by atoms with Gasteiger partial charge in [-0.15, -0.1) is 0 Å². The summed E-state index contributed by atoms with van der Waals surface area (Å²) in [6.45, 7) is 1.29. The van der Waals surface area contributed by atoms with Gasteiger partial charge in [-0.05, 0) is 24.3 Å². The highest BCUT2D eigenvalue weighted by atomic mass is 16.6. The average molecular weight is 454 g/mol. The van der Waals surface area contributed by atoms with E-state index in [1.165, 1.54) is 24.4 Å². The van der Waals surface area contributed by atoms with Crippen LogP contribution in [0.3, 0.4) is 0 Å². The molecule has 2 heterocycles. The van der Waals surface area contributed by atoms with E-state index in [2.05, 4.69) is 5.10 Å². The van der Waals surface area contributed by atoms with Gasteiger partial charge in [0.25, 0.3) is 17.7 Å². The molecule has 2 bridgehead atoms. The zero-order chi connectivity index (χ0) is 23.1. The van der Waals surface area contributed by atoms with E-state index in [9.17, 15) is 24.5 Å². The quantitative estimate of drug-likeness (QED) is 0.206. The number of imide groups is 1. The van der Waals surface area contributed by atoms with E-state index in [-0.39, 0.29) is 46.6 Å². The van der Waals surface area contributed by atoms with Gasteiger partial charge < -0.3 is 14.4 Å². The standard InChI is InChI=1S/C22H22N4O7/c27-17(24-6-8-32-9-7-24)12-33-20-15(2-1-3-16(20)26(30)31)11-23-25-21(28)18-13-4-5-14(10-13)19(18)22(25)29/h1-5,11,13-14,18-19H,6-10,12H2/t13-,14-,18-,19+/m0/s1.